The Hall–Kier alpha value is 0.220. The lowest BCUT2D eigenvalue weighted by molar-refractivity contribution is 0.285. The van der Waals surface area contributed by atoms with Gasteiger partial charge in [0.2, 0.25) is 0 Å². The van der Waals surface area contributed by atoms with Crippen molar-refractivity contribution in [3.05, 3.63) is 26.6 Å². The molecule has 0 bridgehead atoms. The molecule has 2 aromatic rings. The minimum atomic E-state index is 0.144. The van der Waals surface area contributed by atoms with Crippen LogP contribution in [0.1, 0.15) is 4.88 Å². The molecular weight excluding hydrogens is 327 g/mol. The Kier molecular flexibility index (Phi) is 3.36. The number of aliphatic hydroxyl groups is 1. The van der Waals surface area contributed by atoms with Crippen molar-refractivity contribution in [2.75, 3.05) is 6.26 Å². The Bertz CT molecular complexity index is 464. The molecule has 1 heterocycles. The Morgan fingerprint density at radius 3 is 2.93 bits per heavy atom. The van der Waals surface area contributed by atoms with Gasteiger partial charge < -0.3 is 5.11 Å². The second-order valence-electron chi connectivity index (χ2n) is 2.83. The maximum Gasteiger partial charge on any atom is 0.0785 e. The lowest BCUT2D eigenvalue weighted by atomic mass is 10.2. The highest BCUT2D eigenvalue weighted by molar-refractivity contribution is 14.1. The molecule has 1 aromatic heterocycles. The summed E-state index contributed by atoms with van der Waals surface area (Å²) in [7, 11) is 0. The SMILES string of the molecule is CSc1cccc2sc(CO)c(I)c12. The van der Waals surface area contributed by atoms with Crippen LogP contribution < -0.4 is 0 Å². The number of thioether (sulfide) groups is 1. The van der Waals surface area contributed by atoms with Crippen LogP contribution in [-0.4, -0.2) is 11.4 Å². The molecule has 0 saturated heterocycles. The van der Waals surface area contributed by atoms with Crippen molar-refractivity contribution in [2.24, 2.45) is 0 Å². The third-order valence-electron chi connectivity index (χ3n) is 2.05. The number of aliphatic hydroxyl groups excluding tert-OH is 1. The fraction of sp³-hybridized carbons (Fsp3) is 0.200. The molecule has 0 aliphatic heterocycles. The first-order chi connectivity index (χ1) is 6.77. The Balaban J connectivity index is 2.79. The first-order valence-corrected chi connectivity index (χ1v) is 7.24. The molecule has 0 amide bonds. The summed E-state index contributed by atoms with van der Waals surface area (Å²) in [5, 5.41) is 10.5. The average Bonchev–Trinajstić information content (AvgIpc) is 2.55. The van der Waals surface area contributed by atoms with Crippen LogP contribution in [0.4, 0.5) is 0 Å². The molecule has 0 spiro atoms. The molecule has 1 aromatic carbocycles. The topological polar surface area (TPSA) is 20.2 Å². The zero-order chi connectivity index (χ0) is 10.1. The molecule has 0 aliphatic carbocycles. The van der Waals surface area contributed by atoms with Gasteiger partial charge in [-0.05, 0) is 41.0 Å². The van der Waals surface area contributed by atoms with Gasteiger partial charge in [-0.1, -0.05) is 6.07 Å². The van der Waals surface area contributed by atoms with E-state index in [1.54, 1.807) is 23.1 Å². The van der Waals surface area contributed by atoms with E-state index in [0.29, 0.717) is 0 Å². The lowest BCUT2D eigenvalue weighted by Gasteiger charge is -1.98. The van der Waals surface area contributed by atoms with Gasteiger partial charge in [0.1, 0.15) is 0 Å². The summed E-state index contributed by atoms with van der Waals surface area (Å²) in [6.45, 7) is 0.144. The first-order valence-electron chi connectivity index (χ1n) is 4.12. The van der Waals surface area contributed by atoms with Gasteiger partial charge in [-0.15, -0.1) is 23.1 Å². The minimum Gasteiger partial charge on any atom is -0.391 e. The van der Waals surface area contributed by atoms with E-state index in [4.69, 9.17) is 0 Å². The largest absolute Gasteiger partial charge is 0.391 e. The van der Waals surface area contributed by atoms with E-state index in [9.17, 15) is 5.11 Å². The molecule has 0 radical (unpaired) electrons. The predicted octanol–water partition coefficient (Wildman–Crippen LogP) is 3.72. The highest BCUT2D eigenvalue weighted by Crippen LogP contribution is 2.37. The molecule has 0 atom stereocenters. The van der Waals surface area contributed by atoms with E-state index < -0.39 is 0 Å². The third kappa shape index (κ3) is 1.68. The van der Waals surface area contributed by atoms with Crippen LogP contribution in [-0.2, 0) is 6.61 Å². The van der Waals surface area contributed by atoms with Crippen LogP contribution in [0.25, 0.3) is 10.1 Å². The van der Waals surface area contributed by atoms with Gasteiger partial charge in [0.25, 0.3) is 0 Å². The monoisotopic (exact) mass is 336 g/mol. The van der Waals surface area contributed by atoms with Crippen molar-refractivity contribution < 1.29 is 5.11 Å². The fourth-order valence-electron chi connectivity index (χ4n) is 1.40. The summed E-state index contributed by atoms with van der Waals surface area (Å²) in [5.41, 5.74) is 0. The zero-order valence-electron chi connectivity index (χ0n) is 7.58. The lowest BCUT2D eigenvalue weighted by Crippen LogP contribution is -1.80. The summed E-state index contributed by atoms with van der Waals surface area (Å²) in [5.74, 6) is 0. The molecule has 0 aliphatic rings. The highest BCUT2D eigenvalue weighted by Gasteiger charge is 2.11. The van der Waals surface area contributed by atoms with Gasteiger partial charge in [-0.3, -0.25) is 0 Å². The predicted molar refractivity (Wildman–Crippen MR) is 72.2 cm³/mol. The second kappa shape index (κ2) is 4.38. The van der Waals surface area contributed by atoms with Crippen molar-refractivity contribution in [1.82, 2.24) is 0 Å². The molecular formula is C10H9IOS2. The van der Waals surface area contributed by atoms with Gasteiger partial charge in [-0.2, -0.15) is 0 Å². The number of hydrogen-bond acceptors (Lipinski definition) is 3. The smallest absolute Gasteiger partial charge is 0.0785 e. The zero-order valence-corrected chi connectivity index (χ0v) is 11.4. The van der Waals surface area contributed by atoms with Gasteiger partial charge in [0.05, 0.1) is 6.61 Å². The maximum absolute atomic E-state index is 9.18. The van der Waals surface area contributed by atoms with Crippen molar-refractivity contribution in [2.45, 2.75) is 11.5 Å². The number of hydrogen-bond donors (Lipinski definition) is 1. The summed E-state index contributed by atoms with van der Waals surface area (Å²) >= 11 is 5.76. The van der Waals surface area contributed by atoms with Crippen LogP contribution in [0.2, 0.25) is 0 Å². The third-order valence-corrected chi connectivity index (χ3v) is 5.53. The van der Waals surface area contributed by atoms with E-state index >= 15 is 0 Å². The van der Waals surface area contributed by atoms with Crippen LogP contribution in [0, 0.1) is 3.57 Å². The Labute approximate surface area is 105 Å². The summed E-state index contributed by atoms with van der Waals surface area (Å²) in [6.07, 6.45) is 2.08. The van der Waals surface area contributed by atoms with Crippen LogP contribution in [0.15, 0.2) is 23.1 Å². The minimum absolute atomic E-state index is 0.144. The number of benzene rings is 1. The Morgan fingerprint density at radius 2 is 2.29 bits per heavy atom. The van der Waals surface area contributed by atoms with Crippen LogP contribution in [0.5, 0.6) is 0 Å². The number of fused-ring (bicyclic) bond motifs is 1. The van der Waals surface area contributed by atoms with E-state index in [2.05, 4.69) is 47.0 Å². The number of thiophene rings is 1. The van der Waals surface area contributed by atoms with Gasteiger partial charge in [0, 0.05) is 23.4 Å². The molecule has 1 N–H and O–H groups in total. The van der Waals surface area contributed by atoms with Gasteiger partial charge in [0.15, 0.2) is 0 Å². The second-order valence-corrected chi connectivity index (χ2v) is 5.89. The van der Waals surface area contributed by atoms with E-state index in [1.807, 2.05) is 0 Å². The molecule has 74 valence electrons. The quantitative estimate of drug-likeness (QED) is 0.666. The number of halogens is 1. The maximum atomic E-state index is 9.18. The van der Waals surface area contributed by atoms with E-state index in [1.165, 1.54) is 18.6 Å². The molecule has 0 unspecified atom stereocenters. The van der Waals surface area contributed by atoms with E-state index in [0.717, 1.165) is 4.88 Å². The van der Waals surface area contributed by atoms with Gasteiger partial charge >= 0.3 is 0 Å². The van der Waals surface area contributed by atoms with Crippen molar-refractivity contribution >= 4 is 55.8 Å². The summed E-state index contributed by atoms with van der Waals surface area (Å²) in [4.78, 5) is 2.37. The fourth-order valence-corrected chi connectivity index (χ4v) is 4.53. The normalized spacial score (nSPS) is 11.1. The van der Waals surface area contributed by atoms with Crippen molar-refractivity contribution in [3.8, 4) is 0 Å². The highest BCUT2D eigenvalue weighted by atomic mass is 127. The van der Waals surface area contributed by atoms with Crippen LogP contribution in [0.3, 0.4) is 0 Å². The van der Waals surface area contributed by atoms with Gasteiger partial charge in [-0.25, -0.2) is 0 Å². The number of rotatable bonds is 2. The molecule has 0 fully saturated rings. The standard InChI is InChI=1S/C10H9IOS2/c1-13-6-3-2-4-7-9(6)10(11)8(5-12)14-7/h2-4,12H,5H2,1H3. The Morgan fingerprint density at radius 1 is 1.50 bits per heavy atom. The molecule has 1 nitrogen and oxygen atoms in total. The molecule has 4 heteroatoms. The van der Waals surface area contributed by atoms with E-state index in [-0.39, 0.29) is 6.61 Å². The van der Waals surface area contributed by atoms with Crippen LogP contribution >= 0.6 is 45.7 Å². The van der Waals surface area contributed by atoms with Crippen molar-refractivity contribution in [1.29, 1.82) is 0 Å². The molecule has 14 heavy (non-hydrogen) atoms. The average molecular weight is 336 g/mol. The summed E-state index contributed by atoms with van der Waals surface area (Å²) < 4.78 is 2.47. The molecule has 2 rings (SSSR count). The first kappa shape index (κ1) is 10.7. The molecule has 0 saturated carbocycles. The summed E-state index contributed by atoms with van der Waals surface area (Å²) in [6, 6.07) is 6.31. The van der Waals surface area contributed by atoms with Crippen molar-refractivity contribution in [3.63, 3.8) is 0 Å².